The maximum absolute atomic E-state index is 17.6. The average molecular weight is 656 g/mol. The second kappa shape index (κ2) is 10.7. The van der Waals surface area contributed by atoms with Gasteiger partial charge in [0.15, 0.2) is 22.8 Å². The molecule has 2 N–H and O–H groups in total. The van der Waals surface area contributed by atoms with E-state index in [1.165, 1.54) is 18.2 Å². The lowest BCUT2D eigenvalue weighted by molar-refractivity contribution is -0.228. The molecule has 9 unspecified atom stereocenters. The van der Waals surface area contributed by atoms with Gasteiger partial charge in [0.25, 0.3) is 0 Å². The van der Waals surface area contributed by atoms with Crippen molar-refractivity contribution in [3.05, 3.63) is 82.9 Å². The lowest BCUT2D eigenvalue weighted by Crippen LogP contribution is -2.70. The summed E-state index contributed by atoms with van der Waals surface area (Å²) >= 11 is 7.78. The fourth-order valence-corrected chi connectivity index (χ4v) is 10.6. The molecule has 45 heavy (non-hydrogen) atoms. The number of benzene rings is 2. The molecule has 0 bridgehead atoms. The molecule has 0 aromatic heterocycles. The first-order valence-electron chi connectivity index (χ1n) is 15.4. The third kappa shape index (κ3) is 4.30. The highest BCUT2D eigenvalue weighted by molar-refractivity contribution is 7.98. The van der Waals surface area contributed by atoms with Crippen molar-refractivity contribution in [2.75, 3.05) is 18.2 Å². The van der Waals surface area contributed by atoms with Crippen LogP contribution in [0.5, 0.6) is 0 Å². The number of rotatable bonds is 6. The Hall–Kier alpha value is -2.56. The molecule has 6 nitrogen and oxygen atoms in total. The van der Waals surface area contributed by atoms with Crippen LogP contribution in [0.15, 0.2) is 77.2 Å². The number of allylic oxidation sites excluding steroid dienone is 4. The molecule has 2 aromatic rings. The quantitative estimate of drug-likeness (QED) is 0.357. The molecule has 2 aromatic carbocycles. The highest BCUT2D eigenvalue weighted by Gasteiger charge is 2.79. The monoisotopic (exact) mass is 655 g/mol. The number of hydrogen-bond acceptors (Lipinski definition) is 7. The van der Waals surface area contributed by atoms with Crippen LogP contribution in [0.25, 0.3) is 0 Å². The summed E-state index contributed by atoms with van der Waals surface area (Å²) in [6.45, 7) is 2.94. The van der Waals surface area contributed by atoms with Crippen LogP contribution in [-0.2, 0) is 20.2 Å². The molecule has 3 saturated carbocycles. The van der Waals surface area contributed by atoms with Crippen LogP contribution in [0, 0.1) is 28.6 Å². The number of nitrogens with zero attached hydrogens (tertiary/aromatic N) is 1. The smallest absolute Gasteiger partial charge is 0.193 e. The lowest BCUT2D eigenvalue weighted by Gasteiger charge is -2.63. The SMILES string of the molecule is CC12C=CC(=O)C=C1C(F)CC1C3CC4CN(c5ccc(SCc6cccc(Cl)c6)cc5)OC4(C(=O)CO)C3(C)CC(O)C12F. The number of alkyl halides is 2. The Morgan fingerprint density at radius 2 is 1.91 bits per heavy atom. The predicted molar refractivity (Wildman–Crippen MR) is 168 cm³/mol. The van der Waals surface area contributed by atoms with E-state index in [4.69, 9.17) is 16.4 Å². The van der Waals surface area contributed by atoms with E-state index in [9.17, 15) is 19.8 Å². The molecule has 4 aliphatic carbocycles. The summed E-state index contributed by atoms with van der Waals surface area (Å²) < 4.78 is 33.4. The Morgan fingerprint density at radius 3 is 2.62 bits per heavy atom. The first-order valence-corrected chi connectivity index (χ1v) is 16.8. The summed E-state index contributed by atoms with van der Waals surface area (Å²) in [5, 5.41) is 24.3. The molecule has 1 heterocycles. The number of halogens is 3. The van der Waals surface area contributed by atoms with Gasteiger partial charge in [-0.15, -0.1) is 11.8 Å². The third-order valence-electron chi connectivity index (χ3n) is 11.6. The molecule has 238 valence electrons. The highest BCUT2D eigenvalue weighted by atomic mass is 35.5. The van der Waals surface area contributed by atoms with Gasteiger partial charge in [0.1, 0.15) is 12.8 Å². The second-order valence-electron chi connectivity index (χ2n) is 13.7. The lowest BCUT2D eigenvalue weighted by atomic mass is 9.44. The van der Waals surface area contributed by atoms with Crippen molar-refractivity contribution in [2.45, 2.75) is 67.3 Å². The van der Waals surface area contributed by atoms with Gasteiger partial charge in [-0.2, -0.15) is 0 Å². The van der Waals surface area contributed by atoms with Crippen LogP contribution in [-0.4, -0.2) is 58.5 Å². The molecule has 7 rings (SSSR count). The van der Waals surface area contributed by atoms with Crippen LogP contribution in [0.1, 0.15) is 38.7 Å². The van der Waals surface area contributed by atoms with Crippen LogP contribution in [0.3, 0.4) is 0 Å². The summed E-state index contributed by atoms with van der Waals surface area (Å²) in [4.78, 5) is 33.5. The van der Waals surface area contributed by atoms with E-state index in [0.29, 0.717) is 18.0 Å². The average Bonchev–Trinajstić information content (AvgIpc) is 3.52. The zero-order chi connectivity index (χ0) is 31.9. The van der Waals surface area contributed by atoms with Crippen molar-refractivity contribution in [1.82, 2.24) is 0 Å². The maximum Gasteiger partial charge on any atom is 0.193 e. The largest absolute Gasteiger partial charge is 0.390 e. The first kappa shape index (κ1) is 31.1. The van der Waals surface area contributed by atoms with Gasteiger partial charge in [-0.25, -0.2) is 8.78 Å². The van der Waals surface area contributed by atoms with Gasteiger partial charge in [0.05, 0.1) is 18.3 Å². The minimum absolute atomic E-state index is 0.0624. The number of carbonyl (C=O) groups is 2. The number of fused-ring (bicyclic) bond motifs is 7. The van der Waals surface area contributed by atoms with Crippen molar-refractivity contribution in [3.8, 4) is 0 Å². The van der Waals surface area contributed by atoms with E-state index in [1.54, 1.807) is 23.7 Å². The molecule has 0 radical (unpaired) electrons. The number of hydrogen-bond donors (Lipinski definition) is 2. The summed E-state index contributed by atoms with van der Waals surface area (Å²) in [6.07, 6.45) is 0.775. The number of hydroxylamine groups is 1. The highest BCUT2D eigenvalue weighted by Crippen LogP contribution is 2.72. The molecular weight excluding hydrogens is 620 g/mol. The van der Waals surface area contributed by atoms with E-state index < -0.39 is 70.3 Å². The molecular formula is C35H36ClF2NO5S. The molecule has 0 amide bonds. The fourth-order valence-electron chi connectivity index (χ4n) is 9.52. The standard InChI is InChI=1S/C35H36ClF2NO5S/c1-32-11-10-24(41)14-28(32)29(37)15-27-26-13-21-17-39(23-6-8-25(9-7-23)45-19-20-4-3-5-22(36)12-20)44-35(21,31(43)18-40)33(26,2)16-30(42)34(27,32)38/h3-12,14,21,26-27,29-30,40,42H,13,15-19H2,1-2H3. The Bertz CT molecular complexity index is 1620. The molecule has 5 aliphatic rings. The van der Waals surface area contributed by atoms with Crippen molar-refractivity contribution in [3.63, 3.8) is 0 Å². The van der Waals surface area contributed by atoms with Gasteiger partial charge < -0.3 is 10.2 Å². The van der Waals surface area contributed by atoms with Gasteiger partial charge >= 0.3 is 0 Å². The Balaban J connectivity index is 1.18. The van der Waals surface area contributed by atoms with Crippen molar-refractivity contribution < 1.29 is 33.4 Å². The van der Waals surface area contributed by atoms with Gasteiger partial charge in [-0.05, 0) is 91.8 Å². The number of carbonyl (C=O) groups excluding carboxylic acids is 2. The number of ketones is 2. The molecule has 1 saturated heterocycles. The van der Waals surface area contributed by atoms with Gasteiger partial charge in [0.2, 0.25) is 0 Å². The van der Waals surface area contributed by atoms with E-state index in [0.717, 1.165) is 21.9 Å². The number of aliphatic hydroxyl groups is 2. The fraction of sp³-hybridized carbons (Fsp3) is 0.486. The summed E-state index contributed by atoms with van der Waals surface area (Å²) in [6, 6.07) is 15.5. The minimum atomic E-state index is -2.25. The van der Waals surface area contributed by atoms with Crippen molar-refractivity contribution in [1.29, 1.82) is 0 Å². The molecule has 4 fully saturated rings. The van der Waals surface area contributed by atoms with Gasteiger partial charge in [-0.3, -0.25) is 19.5 Å². The normalized spacial score (nSPS) is 40.0. The van der Waals surface area contributed by atoms with Crippen LogP contribution in [0.4, 0.5) is 14.5 Å². The van der Waals surface area contributed by atoms with E-state index in [2.05, 4.69) is 0 Å². The number of Topliss-reactive ketones (excluding diaryl/α,β-unsaturated/α-hetero) is 1. The second-order valence-corrected chi connectivity index (χ2v) is 15.2. The molecule has 10 heteroatoms. The third-order valence-corrected chi connectivity index (χ3v) is 12.9. The van der Waals surface area contributed by atoms with Gasteiger partial charge in [0, 0.05) is 38.3 Å². The zero-order valence-electron chi connectivity index (χ0n) is 25.1. The van der Waals surface area contributed by atoms with Crippen LogP contribution < -0.4 is 5.06 Å². The predicted octanol–water partition coefficient (Wildman–Crippen LogP) is 6.23. The molecule has 0 spiro atoms. The minimum Gasteiger partial charge on any atom is -0.390 e. The van der Waals surface area contributed by atoms with Crippen LogP contribution in [0.2, 0.25) is 5.02 Å². The van der Waals surface area contributed by atoms with Gasteiger partial charge in [-0.1, -0.05) is 36.7 Å². The maximum atomic E-state index is 17.6. The van der Waals surface area contributed by atoms with Crippen molar-refractivity contribution >= 4 is 40.6 Å². The number of thioether (sulfide) groups is 1. The van der Waals surface area contributed by atoms with Crippen LogP contribution >= 0.6 is 23.4 Å². The summed E-state index contributed by atoms with van der Waals surface area (Å²) in [5.41, 5.74) is -4.44. The zero-order valence-corrected chi connectivity index (χ0v) is 26.7. The first-order chi connectivity index (χ1) is 21.4. The molecule has 1 aliphatic heterocycles. The van der Waals surface area contributed by atoms with E-state index in [1.807, 2.05) is 55.5 Å². The van der Waals surface area contributed by atoms with Crippen molar-refractivity contribution in [2.24, 2.45) is 28.6 Å². The molecule has 9 atom stereocenters. The Morgan fingerprint density at radius 1 is 1.16 bits per heavy atom. The number of aliphatic hydroxyl groups excluding tert-OH is 2. The van der Waals surface area contributed by atoms with E-state index in [-0.39, 0.29) is 18.4 Å². The summed E-state index contributed by atoms with van der Waals surface area (Å²) in [5.74, 6) is -2.01. The topological polar surface area (TPSA) is 87.1 Å². The Labute approximate surface area is 270 Å². The van der Waals surface area contributed by atoms with E-state index >= 15 is 8.78 Å². The number of anilines is 1. The summed E-state index contributed by atoms with van der Waals surface area (Å²) in [7, 11) is 0. The Kier molecular flexibility index (Phi) is 7.41.